The third-order valence-electron chi connectivity index (χ3n) is 5.08. The zero-order chi connectivity index (χ0) is 21.3. The Morgan fingerprint density at radius 1 is 1.27 bits per heavy atom. The number of hydrogen-bond acceptors (Lipinski definition) is 5. The lowest BCUT2D eigenvalue weighted by atomic mass is 10.1. The van der Waals surface area contributed by atoms with Crippen LogP contribution in [0.15, 0.2) is 51.4 Å². The number of carbonyl (C=O) groups is 1. The first-order chi connectivity index (χ1) is 14.5. The Bertz CT molecular complexity index is 1250. The average Bonchev–Trinajstić information content (AvgIpc) is 3.43. The summed E-state index contributed by atoms with van der Waals surface area (Å²) in [7, 11) is 0. The highest BCUT2D eigenvalue weighted by Gasteiger charge is 2.25. The maximum atomic E-state index is 13.3. The van der Waals surface area contributed by atoms with Crippen LogP contribution in [0.5, 0.6) is 0 Å². The topological polar surface area (TPSA) is 96.9 Å². The van der Waals surface area contributed by atoms with Gasteiger partial charge in [0, 0.05) is 17.1 Å². The van der Waals surface area contributed by atoms with E-state index in [9.17, 15) is 24.0 Å². The standard InChI is InChI=1S/C21H17FN4O3S/c22-14-7-5-13(6-8-14)19(17-4-2-10-30-17)24-18(27)12-26-20(28)15(11-23)16-3-1-9-25(16)21(26)29/h2,4-8,10,19H,1,3,9,12H2,(H,24,27)/t19-/m0/s1. The van der Waals surface area contributed by atoms with E-state index in [1.807, 2.05) is 23.6 Å². The van der Waals surface area contributed by atoms with Gasteiger partial charge in [-0.2, -0.15) is 5.26 Å². The van der Waals surface area contributed by atoms with Crippen LogP contribution in [-0.4, -0.2) is 15.0 Å². The van der Waals surface area contributed by atoms with Crippen LogP contribution in [0.3, 0.4) is 0 Å². The molecule has 0 saturated carbocycles. The molecule has 3 aromatic rings. The van der Waals surface area contributed by atoms with Crippen molar-refractivity contribution in [3.63, 3.8) is 0 Å². The molecule has 1 aromatic carbocycles. The maximum absolute atomic E-state index is 13.3. The molecule has 0 radical (unpaired) electrons. The number of amides is 1. The smallest absolute Gasteiger partial charge is 0.331 e. The van der Waals surface area contributed by atoms with E-state index < -0.39 is 35.6 Å². The van der Waals surface area contributed by atoms with E-state index in [1.54, 1.807) is 12.1 Å². The third-order valence-corrected chi connectivity index (χ3v) is 6.02. The van der Waals surface area contributed by atoms with Crippen molar-refractivity contribution in [3.8, 4) is 6.07 Å². The molecule has 2 aromatic heterocycles. The Balaban J connectivity index is 1.66. The Kier molecular flexibility index (Phi) is 5.33. The average molecular weight is 424 g/mol. The van der Waals surface area contributed by atoms with Crippen molar-refractivity contribution in [3.05, 3.63) is 90.1 Å². The zero-order valence-corrected chi connectivity index (χ0v) is 16.6. The molecule has 1 aliphatic rings. The van der Waals surface area contributed by atoms with Crippen molar-refractivity contribution >= 4 is 17.2 Å². The van der Waals surface area contributed by atoms with Gasteiger partial charge in [0.1, 0.15) is 24.0 Å². The van der Waals surface area contributed by atoms with Gasteiger partial charge < -0.3 is 5.32 Å². The van der Waals surface area contributed by atoms with Gasteiger partial charge in [-0.1, -0.05) is 18.2 Å². The van der Waals surface area contributed by atoms with E-state index in [4.69, 9.17) is 0 Å². The molecular weight excluding hydrogens is 407 g/mol. The summed E-state index contributed by atoms with van der Waals surface area (Å²) in [4.78, 5) is 39.0. The SMILES string of the molecule is N#Cc1c2n(c(=O)n(CC(=O)N[C@@H](c3ccc(F)cc3)c3cccs3)c1=O)CCC2. The molecule has 9 heteroatoms. The van der Waals surface area contributed by atoms with Gasteiger partial charge in [-0.15, -0.1) is 11.3 Å². The number of hydrogen-bond donors (Lipinski definition) is 1. The first-order valence-corrected chi connectivity index (χ1v) is 10.2. The van der Waals surface area contributed by atoms with Gasteiger partial charge >= 0.3 is 5.69 Å². The van der Waals surface area contributed by atoms with Gasteiger partial charge in [0.25, 0.3) is 5.56 Å². The van der Waals surface area contributed by atoms with Gasteiger partial charge in [0.05, 0.1) is 6.04 Å². The molecular formula is C21H17FN4O3S. The quantitative estimate of drug-likeness (QED) is 0.677. The van der Waals surface area contributed by atoms with E-state index in [2.05, 4.69) is 5.32 Å². The fourth-order valence-corrected chi connectivity index (χ4v) is 4.47. The summed E-state index contributed by atoms with van der Waals surface area (Å²) >= 11 is 1.42. The largest absolute Gasteiger partial charge is 0.343 e. The normalized spacial score (nSPS) is 13.5. The van der Waals surface area contributed by atoms with Crippen molar-refractivity contribution in [2.45, 2.75) is 32.0 Å². The fourth-order valence-electron chi connectivity index (χ4n) is 3.67. The Hall–Kier alpha value is -3.51. The summed E-state index contributed by atoms with van der Waals surface area (Å²) < 4.78 is 15.5. The first-order valence-electron chi connectivity index (χ1n) is 9.34. The van der Waals surface area contributed by atoms with Crippen LogP contribution < -0.4 is 16.6 Å². The first kappa shape index (κ1) is 19.8. The summed E-state index contributed by atoms with van der Waals surface area (Å²) in [6.45, 7) is -0.0894. The van der Waals surface area contributed by atoms with Crippen LogP contribution in [0.2, 0.25) is 0 Å². The van der Waals surface area contributed by atoms with Crippen molar-refractivity contribution < 1.29 is 9.18 Å². The fraction of sp³-hybridized carbons (Fsp3) is 0.238. The summed E-state index contributed by atoms with van der Waals surface area (Å²) in [5.74, 6) is -0.948. The van der Waals surface area contributed by atoms with E-state index in [-0.39, 0.29) is 5.56 Å². The second-order valence-corrected chi connectivity index (χ2v) is 7.91. The Morgan fingerprint density at radius 3 is 2.70 bits per heavy atom. The van der Waals surface area contributed by atoms with Gasteiger partial charge in [-0.05, 0) is 42.0 Å². The van der Waals surface area contributed by atoms with Crippen LogP contribution in [0, 0.1) is 17.1 Å². The molecule has 3 heterocycles. The van der Waals surface area contributed by atoms with Crippen LogP contribution >= 0.6 is 11.3 Å². The minimum atomic E-state index is -0.750. The maximum Gasteiger partial charge on any atom is 0.331 e. The van der Waals surface area contributed by atoms with E-state index in [1.165, 1.54) is 28.0 Å². The molecule has 7 nitrogen and oxygen atoms in total. The molecule has 0 saturated heterocycles. The molecule has 0 spiro atoms. The highest BCUT2D eigenvalue weighted by Crippen LogP contribution is 2.26. The van der Waals surface area contributed by atoms with Gasteiger partial charge in [0.15, 0.2) is 0 Å². The molecule has 1 amide bonds. The van der Waals surface area contributed by atoms with Crippen molar-refractivity contribution in [2.75, 3.05) is 0 Å². The summed E-state index contributed by atoms with van der Waals surface area (Å²) in [5, 5.41) is 14.0. The second-order valence-electron chi connectivity index (χ2n) is 6.93. The molecule has 1 atom stereocenters. The molecule has 152 valence electrons. The molecule has 0 fully saturated rings. The number of carbonyl (C=O) groups excluding carboxylic acids is 1. The summed E-state index contributed by atoms with van der Waals surface area (Å²) in [5.41, 5.74) is -0.320. The lowest BCUT2D eigenvalue weighted by molar-refractivity contribution is -0.122. The lowest BCUT2D eigenvalue weighted by Gasteiger charge is -2.19. The number of halogens is 1. The van der Waals surface area contributed by atoms with Gasteiger partial charge in [-0.3, -0.25) is 14.2 Å². The minimum absolute atomic E-state index is 0.0896. The number of nitrogens with one attached hydrogen (secondary N) is 1. The van der Waals surface area contributed by atoms with Crippen LogP contribution in [0.4, 0.5) is 4.39 Å². The predicted molar refractivity (Wildman–Crippen MR) is 109 cm³/mol. The highest BCUT2D eigenvalue weighted by molar-refractivity contribution is 7.10. The van der Waals surface area contributed by atoms with E-state index in [0.717, 1.165) is 9.44 Å². The lowest BCUT2D eigenvalue weighted by Crippen LogP contribution is -2.45. The van der Waals surface area contributed by atoms with E-state index in [0.29, 0.717) is 30.6 Å². The van der Waals surface area contributed by atoms with Crippen molar-refractivity contribution in [1.29, 1.82) is 5.26 Å². The number of fused-ring (bicyclic) bond motifs is 1. The van der Waals surface area contributed by atoms with Gasteiger partial charge in [-0.25, -0.2) is 13.8 Å². The number of benzene rings is 1. The van der Waals surface area contributed by atoms with Crippen molar-refractivity contribution in [2.24, 2.45) is 0 Å². The Morgan fingerprint density at radius 2 is 2.03 bits per heavy atom. The molecule has 1 N–H and O–H groups in total. The predicted octanol–water partition coefficient (Wildman–Crippen LogP) is 1.93. The number of rotatable bonds is 5. The molecule has 4 rings (SSSR count). The molecule has 1 aliphatic heterocycles. The van der Waals surface area contributed by atoms with Crippen LogP contribution in [0.25, 0.3) is 0 Å². The molecule has 30 heavy (non-hydrogen) atoms. The minimum Gasteiger partial charge on any atom is -0.343 e. The molecule has 0 bridgehead atoms. The summed E-state index contributed by atoms with van der Waals surface area (Å²) in [6, 6.07) is 10.7. The van der Waals surface area contributed by atoms with Crippen molar-refractivity contribution in [1.82, 2.24) is 14.5 Å². The van der Waals surface area contributed by atoms with E-state index >= 15 is 0 Å². The highest BCUT2D eigenvalue weighted by atomic mass is 32.1. The number of nitriles is 1. The Labute approximate surface area is 174 Å². The van der Waals surface area contributed by atoms with Crippen LogP contribution in [0.1, 0.15) is 34.2 Å². The van der Waals surface area contributed by atoms with Gasteiger partial charge in [0.2, 0.25) is 5.91 Å². The monoisotopic (exact) mass is 424 g/mol. The number of thiophene rings is 1. The zero-order valence-electron chi connectivity index (χ0n) is 15.8. The molecule has 0 aliphatic carbocycles. The second kappa shape index (κ2) is 8.08. The number of nitrogens with zero attached hydrogens (tertiary/aromatic N) is 3. The summed E-state index contributed by atoms with van der Waals surface area (Å²) in [6.07, 6.45) is 1.16. The number of aromatic nitrogens is 2. The third kappa shape index (κ3) is 3.57. The van der Waals surface area contributed by atoms with Crippen LogP contribution in [-0.2, 0) is 24.3 Å². The molecule has 0 unspecified atom stereocenters.